The minimum absolute atomic E-state index is 0.658. The number of hydrogen-bond acceptors (Lipinski definition) is 1. The molecule has 1 N–H and O–H groups in total. The molecule has 0 radical (unpaired) electrons. The van der Waals surface area contributed by atoms with E-state index in [1.54, 1.807) is 0 Å². The normalized spacial score (nSPS) is 20.9. The van der Waals surface area contributed by atoms with Crippen molar-refractivity contribution in [3.8, 4) is 0 Å². The Morgan fingerprint density at radius 3 is 2.33 bits per heavy atom. The highest BCUT2D eigenvalue weighted by Gasteiger charge is 2.16. The van der Waals surface area contributed by atoms with Gasteiger partial charge in [-0.2, -0.15) is 0 Å². The van der Waals surface area contributed by atoms with Crippen LogP contribution in [0, 0.1) is 5.92 Å². The summed E-state index contributed by atoms with van der Waals surface area (Å²) in [5.74, 6) is 0.962. The summed E-state index contributed by atoms with van der Waals surface area (Å²) in [4.78, 5) is 0. The second-order valence-corrected chi connectivity index (χ2v) is 5.24. The van der Waals surface area contributed by atoms with Gasteiger partial charge in [-0.1, -0.05) is 44.1 Å². The molecule has 0 heterocycles. The summed E-state index contributed by atoms with van der Waals surface area (Å²) in [7, 11) is 2.09. The molecular formula is C14H27N. The van der Waals surface area contributed by atoms with Gasteiger partial charge < -0.3 is 5.32 Å². The lowest BCUT2D eigenvalue weighted by Crippen LogP contribution is -2.28. The van der Waals surface area contributed by atoms with E-state index in [4.69, 9.17) is 0 Å². The Kier molecular flexibility index (Phi) is 6.00. The molecule has 0 saturated heterocycles. The predicted octanol–water partition coefficient (Wildman–Crippen LogP) is 3.90. The zero-order valence-corrected chi connectivity index (χ0v) is 10.5. The van der Waals surface area contributed by atoms with Crippen LogP contribution < -0.4 is 5.32 Å². The molecule has 1 rings (SSSR count). The fourth-order valence-corrected chi connectivity index (χ4v) is 2.73. The molecule has 1 unspecified atom stereocenters. The molecule has 1 fully saturated rings. The lowest BCUT2D eigenvalue weighted by molar-refractivity contribution is 0.361. The molecule has 1 heteroatoms. The van der Waals surface area contributed by atoms with Gasteiger partial charge in [-0.05, 0) is 32.7 Å². The summed E-state index contributed by atoms with van der Waals surface area (Å²) >= 11 is 0. The van der Waals surface area contributed by atoms with Crippen LogP contribution in [-0.2, 0) is 0 Å². The zero-order valence-electron chi connectivity index (χ0n) is 10.5. The molecule has 1 aliphatic rings. The minimum atomic E-state index is 0.658. The third kappa shape index (κ3) is 5.36. The van der Waals surface area contributed by atoms with Crippen LogP contribution in [0.2, 0.25) is 0 Å². The van der Waals surface area contributed by atoms with Gasteiger partial charge in [-0.25, -0.2) is 0 Å². The van der Waals surface area contributed by atoms with Crippen LogP contribution in [0.25, 0.3) is 0 Å². The van der Waals surface area contributed by atoms with E-state index in [-0.39, 0.29) is 0 Å². The van der Waals surface area contributed by atoms with Gasteiger partial charge >= 0.3 is 0 Å². The van der Waals surface area contributed by atoms with Crippen molar-refractivity contribution < 1.29 is 0 Å². The van der Waals surface area contributed by atoms with Crippen LogP contribution in [0.4, 0.5) is 0 Å². The molecule has 0 amide bonds. The first-order chi connectivity index (χ1) is 7.22. The van der Waals surface area contributed by atoms with E-state index in [0.29, 0.717) is 6.04 Å². The molecule has 1 atom stereocenters. The van der Waals surface area contributed by atoms with Crippen molar-refractivity contribution in [2.45, 2.75) is 64.3 Å². The Hall–Kier alpha value is -0.300. The summed E-state index contributed by atoms with van der Waals surface area (Å²) in [6.45, 7) is 6.15. The van der Waals surface area contributed by atoms with E-state index >= 15 is 0 Å². The molecule has 1 aliphatic carbocycles. The highest BCUT2D eigenvalue weighted by molar-refractivity contribution is 4.93. The fraction of sp³-hybridized carbons (Fsp3) is 0.857. The summed E-state index contributed by atoms with van der Waals surface area (Å²) < 4.78 is 0. The Morgan fingerprint density at radius 1 is 1.27 bits per heavy atom. The first-order valence-corrected chi connectivity index (χ1v) is 6.54. The van der Waals surface area contributed by atoms with Crippen LogP contribution >= 0.6 is 0 Å². The SMILES string of the molecule is C=C(C)CC(CC1CCCCCC1)NC. The summed E-state index contributed by atoms with van der Waals surface area (Å²) in [6, 6.07) is 0.658. The second kappa shape index (κ2) is 7.05. The third-order valence-corrected chi connectivity index (χ3v) is 3.60. The molecule has 0 aromatic heterocycles. The lowest BCUT2D eigenvalue weighted by atomic mass is 9.90. The molecule has 0 bridgehead atoms. The van der Waals surface area contributed by atoms with Crippen molar-refractivity contribution in [1.29, 1.82) is 0 Å². The van der Waals surface area contributed by atoms with Crippen molar-refractivity contribution in [3.05, 3.63) is 12.2 Å². The molecule has 1 saturated carbocycles. The molecule has 15 heavy (non-hydrogen) atoms. The molecular weight excluding hydrogens is 182 g/mol. The van der Waals surface area contributed by atoms with E-state index in [1.165, 1.54) is 50.5 Å². The topological polar surface area (TPSA) is 12.0 Å². The second-order valence-electron chi connectivity index (χ2n) is 5.24. The van der Waals surface area contributed by atoms with Crippen molar-refractivity contribution in [2.24, 2.45) is 5.92 Å². The summed E-state index contributed by atoms with van der Waals surface area (Å²) in [6.07, 6.45) is 11.2. The maximum absolute atomic E-state index is 4.01. The molecule has 88 valence electrons. The third-order valence-electron chi connectivity index (χ3n) is 3.60. The molecule has 0 aliphatic heterocycles. The number of rotatable bonds is 5. The smallest absolute Gasteiger partial charge is 0.0104 e. The zero-order chi connectivity index (χ0) is 11.1. The molecule has 0 spiro atoms. The quantitative estimate of drug-likeness (QED) is 0.535. The van der Waals surface area contributed by atoms with Crippen LogP contribution in [-0.4, -0.2) is 13.1 Å². The van der Waals surface area contributed by atoms with Crippen molar-refractivity contribution in [2.75, 3.05) is 7.05 Å². The van der Waals surface area contributed by atoms with Gasteiger partial charge in [0, 0.05) is 6.04 Å². The van der Waals surface area contributed by atoms with E-state index < -0.39 is 0 Å². The first kappa shape index (κ1) is 12.8. The largest absolute Gasteiger partial charge is 0.317 e. The Balaban J connectivity index is 2.31. The van der Waals surface area contributed by atoms with Gasteiger partial charge in [-0.15, -0.1) is 6.58 Å². The Morgan fingerprint density at radius 2 is 1.87 bits per heavy atom. The van der Waals surface area contributed by atoms with Gasteiger partial charge in [0.05, 0.1) is 0 Å². The maximum atomic E-state index is 4.01. The minimum Gasteiger partial charge on any atom is -0.317 e. The first-order valence-electron chi connectivity index (χ1n) is 6.54. The van der Waals surface area contributed by atoms with Crippen LogP contribution in [0.3, 0.4) is 0 Å². The molecule has 0 aromatic rings. The van der Waals surface area contributed by atoms with E-state index in [0.717, 1.165) is 12.3 Å². The van der Waals surface area contributed by atoms with E-state index in [9.17, 15) is 0 Å². The average Bonchev–Trinajstić information content (AvgIpc) is 2.44. The summed E-state index contributed by atoms with van der Waals surface area (Å²) in [5.41, 5.74) is 1.31. The Bertz CT molecular complexity index is 178. The van der Waals surface area contributed by atoms with Crippen LogP contribution in [0.1, 0.15) is 58.3 Å². The van der Waals surface area contributed by atoms with Gasteiger partial charge in [0.25, 0.3) is 0 Å². The lowest BCUT2D eigenvalue weighted by Gasteiger charge is -2.22. The van der Waals surface area contributed by atoms with Crippen molar-refractivity contribution in [1.82, 2.24) is 5.32 Å². The average molecular weight is 209 g/mol. The number of hydrogen-bond donors (Lipinski definition) is 1. The monoisotopic (exact) mass is 209 g/mol. The highest BCUT2D eigenvalue weighted by Crippen LogP contribution is 2.27. The van der Waals surface area contributed by atoms with Crippen molar-refractivity contribution >= 4 is 0 Å². The molecule has 0 aromatic carbocycles. The van der Waals surface area contributed by atoms with E-state index in [1.807, 2.05) is 0 Å². The van der Waals surface area contributed by atoms with Gasteiger partial charge in [0.2, 0.25) is 0 Å². The predicted molar refractivity (Wildman–Crippen MR) is 68.1 cm³/mol. The number of nitrogens with one attached hydrogen (secondary N) is 1. The van der Waals surface area contributed by atoms with Gasteiger partial charge in [-0.3, -0.25) is 0 Å². The van der Waals surface area contributed by atoms with Crippen LogP contribution in [0.15, 0.2) is 12.2 Å². The molecule has 1 nitrogen and oxygen atoms in total. The summed E-state index contributed by atoms with van der Waals surface area (Å²) in [5, 5.41) is 3.44. The standard InChI is InChI=1S/C14H27N/c1-12(2)10-14(15-3)11-13-8-6-4-5-7-9-13/h13-15H,1,4-11H2,2-3H3. The maximum Gasteiger partial charge on any atom is 0.0104 e. The highest BCUT2D eigenvalue weighted by atomic mass is 14.9. The van der Waals surface area contributed by atoms with Gasteiger partial charge in [0.1, 0.15) is 0 Å². The van der Waals surface area contributed by atoms with Gasteiger partial charge in [0.15, 0.2) is 0 Å². The van der Waals surface area contributed by atoms with Crippen LogP contribution in [0.5, 0.6) is 0 Å². The van der Waals surface area contributed by atoms with Crippen molar-refractivity contribution in [3.63, 3.8) is 0 Å². The fourth-order valence-electron chi connectivity index (χ4n) is 2.73. The van der Waals surface area contributed by atoms with E-state index in [2.05, 4.69) is 25.9 Å². The Labute approximate surface area is 95.3 Å².